The lowest BCUT2D eigenvalue weighted by molar-refractivity contribution is 0.00559. The van der Waals surface area contributed by atoms with Crippen LogP contribution in [0.4, 0.5) is 11.4 Å². The summed E-state index contributed by atoms with van der Waals surface area (Å²) in [4.78, 5) is 95.2. The number of carbonyl (C=O) groups is 6. The molecule has 24 nitrogen and oxygen atoms in total. The van der Waals surface area contributed by atoms with E-state index in [-0.39, 0.29) is 71.4 Å². The zero-order valence-corrected chi connectivity index (χ0v) is 48.6. The highest BCUT2D eigenvalue weighted by Crippen LogP contribution is 2.37. The third kappa shape index (κ3) is 13.8. The van der Waals surface area contributed by atoms with Gasteiger partial charge in [0.15, 0.2) is 0 Å². The molecule has 0 spiro atoms. The number of aromatic nitrogens is 8. The molecule has 4 heterocycles. The molecule has 0 saturated carbocycles. The lowest BCUT2D eigenvalue weighted by atomic mass is 9.97. The van der Waals surface area contributed by atoms with Crippen molar-refractivity contribution >= 4 is 68.5 Å². The van der Waals surface area contributed by atoms with Crippen LogP contribution >= 0.6 is 0 Å². The third-order valence-corrected chi connectivity index (χ3v) is 14.4. The zero-order chi connectivity index (χ0) is 60.4. The molecular weight excluding hydrogens is 1100 g/mol. The van der Waals surface area contributed by atoms with Crippen LogP contribution in [0.5, 0.6) is 0 Å². The predicted molar refractivity (Wildman–Crippen MR) is 309 cm³/mol. The first-order valence-corrected chi connectivity index (χ1v) is 28.8. The van der Waals surface area contributed by atoms with Gasteiger partial charge >= 0.3 is 11.9 Å². The van der Waals surface area contributed by atoms with Crippen LogP contribution in [0.2, 0.25) is 0 Å². The van der Waals surface area contributed by atoms with Gasteiger partial charge in [0.25, 0.3) is 35.2 Å². The van der Waals surface area contributed by atoms with E-state index in [4.69, 9.17) is 15.2 Å². The average molecular weight is 1160 g/mol. The summed E-state index contributed by atoms with van der Waals surface area (Å²) in [7, 11) is -3.45. The van der Waals surface area contributed by atoms with Crippen molar-refractivity contribution in [3.63, 3.8) is 0 Å². The molecule has 8 aromatic rings. The van der Waals surface area contributed by atoms with Crippen LogP contribution in [0, 0.1) is 13.8 Å². The number of hydrogen-bond donors (Lipinski definition) is 6. The van der Waals surface area contributed by atoms with Gasteiger partial charge in [-0.25, -0.2) is 28.0 Å². The minimum absolute atomic E-state index is 0.0364. The zero-order valence-electron chi connectivity index (χ0n) is 47.8. The van der Waals surface area contributed by atoms with Crippen LogP contribution < -0.4 is 31.7 Å². The number of nitrogens with zero attached hydrogens (tertiary/aromatic N) is 8. The summed E-state index contributed by atoms with van der Waals surface area (Å²) >= 11 is 0. The summed E-state index contributed by atoms with van der Waals surface area (Å²) in [5.74, 6) is -2.45. The van der Waals surface area contributed by atoms with E-state index in [1.54, 1.807) is 54.6 Å². The Labute approximate surface area is 483 Å². The second-order valence-corrected chi connectivity index (χ2v) is 24.2. The van der Waals surface area contributed by atoms with E-state index in [0.717, 1.165) is 45.2 Å². The second kappa shape index (κ2) is 23.7. The summed E-state index contributed by atoms with van der Waals surface area (Å²) in [5.41, 5.74) is 13.8. The fourth-order valence-electron chi connectivity index (χ4n) is 10.0. The van der Waals surface area contributed by atoms with Gasteiger partial charge in [-0.05, 0) is 162 Å². The van der Waals surface area contributed by atoms with Gasteiger partial charge in [0.1, 0.15) is 46.6 Å². The first-order chi connectivity index (χ1) is 39.7. The lowest BCUT2D eigenvalue weighted by Gasteiger charge is -2.21. The predicted octanol–water partition coefficient (Wildman–Crippen LogP) is 6.42. The molecule has 0 aliphatic heterocycles. The summed E-state index contributed by atoms with van der Waals surface area (Å²) in [6, 6.07) is 23.1. The van der Waals surface area contributed by atoms with Crippen molar-refractivity contribution in [3.05, 3.63) is 176 Å². The molecule has 4 aromatic carbocycles. The molecule has 0 radical (unpaired) electrons. The van der Waals surface area contributed by atoms with Gasteiger partial charge in [0.05, 0.1) is 29.5 Å². The molecule has 0 bridgehead atoms. The summed E-state index contributed by atoms with van der Waals surface area (Å²) in [6.45, 7) is 15.1. The third-order valence-electron chi connectivity index (χ3n) is 13.8. The van der Waals surface area contributed by atoms with Gasteiger partial charge in [-0.15, -0.1) is 0 Å². The van der Waals surface area contributed by atoms with Gasteiger partial charge in [0, 0.05) is 36.6 Å². The molecule has 25 heteroatoms. The number of amides is 4. The fourth-order valence-corrected chi connectivity index (χ4v) is 10.6. The Kier molecular flexibility index (Phi) is 16.6. The smallest absolute Gasteiger partial charge is 0.338 e. The number of ether oxygens (including phenoxy) is 2. The number of rotatable bonds is 14. The summed E-state index contributed by atoms with van der Waals surface area (Å²) in [5, 5.41) is 19.9. The van der Waals surface area contributed by atoms with Gasteiger partial charge in [-0.3, -0.25) is 23.9 Å². The number of fused-ring (bicyclic) bond motifs is 4. The molecule has 436 valence electrons. The normalized spacial score (nSPS) is 14.6. The topological polar surface area (TPSA) is 327 Å². The fraction of sp³-hybridized carbons (Fsp3) is 0.322. The molecule has 10 rings (SSSR count). The van der Waals surface area contributed by atoms with E-state index in [1.165, 1.54) is 33.8 Å². The van der Waals surface area contributed by atoms with E-state index in [9.17, 15) is 37.2 Å². The summed E-state index contributed by atoms with van der Waals surface area (Å²) < 4.78 is 39.2. The second-order valence-electron chi connectivity index (χ2n) is 22.4. The SMILES string of the molecule is Cc1c(C(=O)OC(C)(C)C)ccc2c1CC[C@@H]2NC(=O)c1cc(C(=O)NCc2cccc(N)c2)nc2ncnn12.Cc1c(C(=O)OC(C)(C)C)ccc2c1CC[C@@H]2NC(=O)c1cc(C(=O)NCc2cccc(NS(C)(=O)=O)c2)nc2ncnn12. The molecule has 84 heavy (non-hydrogen) atoms. The number of carbonyl (C=O) groups excluding carboxylic acids is 6. The van der Waals surface area contributed by atoms with E-state index in [0.29, 0.717) is 53.7 Å². The van der Waals surface area contributed by atoms with Gasteiger partial charge in [-0.2, -0.15) is 29.2 Å². The Morgan fingerprint density at radius 1 is 0.607 bits per heavy atom. The molecule has 7 N–H and O–H groups in total. The first kappa shape index (κ1) is 59.0. The van der Waals surface area contributed by atoms with Crippen LogP contribution in [-0.2, 0) is 45.4 Å². The molecule has 2 atom stereocenters. The highest BCUT2D eigenvalue weighted by Gasteiger charge is 2.32. The number of nitrogen functional groups attached to an aromatic ring is 1. The van der Waals surface area contributed by atoms with Gasteiger partial charge in [-0.1, -0.05) is 36.4 Å². The number of hydrogen-bond acceptors (Lipinski definition) is 17. The highest BCUT2D eigenvalue weighted by molar-refractivity contribution is 7.92. The first-order valence-electron chi connectivity index (χ1n) is 26.9. The molecule has 2 aliphatic rings. The molecule has 0 fully saturated rings. The number of esters is 2. The van der Waals surface area contributed by atoms with E-state index in [1.807, 2.05) is 73.6 Å². The number of anilines is 2. The van der Waals surface area contributed by atoms with Crippen LogP contribution in [0.15, 0.2) is 97.6 Å². The lowest BCUT2D eigenvalue weighted by Crippen LogP contribution is -2.31. The van der Waals surface area contributed by atoms with E-state index >= 15 is 0 Å². The van der Waals surface area contributed by atoms with Gasteiger partial charge < -0.3 is 36.5 Å². The Morgan fingerprint density at radius 2 is 1.05 bits per heavy atom. The molecular formula is C59H64N14O10S. The Hall–Kier alpha value is -9.65. The van der Waals surface area contributed by atoms with Crippen LogP contribution in [0.3, 0.4) is 0 Å². The Morgan fingerprint density at radius 3 is 1.48 bits per heavy atom. The van der Waals surface area contributed by atoms with Crippen molar-refractivity contribution in [2.75, 3.05) is 16.7 Å². The maximum atomic E-state index is 13.6. The molecule has 0 unspecified atom stereocenters. The standard InChI is InChI=1S/C30H33N7O6S.C29H31N7O4/c1-17-20-11-12-23(22(20)10-9-21(17)28(40)43-30(2,3)4)34-27(39)25-14-24(35-29-32-16-33-37(25)29)26(38)31-15-18-7-6-8-19(13-18)36-44(5,41)42;1-16-19-10-11-22(21(19)9-8-20(16)27(39)40-29(2,3)4)34-26(38)24-13-23(35-28-32-15-33-36(24)28)25(37)31-14-17-6-5-7-18(30)12-17/h6-10,13-14,16,23,36H,11-12,15H2,1-5H3,(H,31,38)(H,34,39);5-9,12-13,15,22H,10-11,14,30H2,1-4H3,(H,31,37)(H,34,38)/t23-;22-/m00/s1. The van der Waals surface area contributed by atoms with E-state index < -0.39 is 44.9 Å². The molecule has 0 saturated heterocycles. The number of nitrogens with two attached hydrogens (primary N) is 1. The van der Waals surface area contributed by atoms with Gasteiger partial charge in [0.2, 0.25) is 10.0 Å². The van der Waals surface area contributed by atoms with Crippen molar-refractivity contribution in [2.45, 2.75) is 117 Å². The summed E-state index contributed by atoms with van der Waals surface area (Å²) in [6.07, 6.45) is 6.25. The Bertz CT molecular complexity index is 4050. The number of benzene rings is 4. The van der Waals surface area contributed by atoms with Crippen molar-refractivity contribution in [3.8, 4) is 0 Å². The molecule has 4 amide bonds. The molecule has 2 aliphatic carbocycles. The average Bonchev–Trinajstić information content (AvgIpc) is 4.13. The molecule has 4 aromatic heterocycles. The number of nitrogens with one attached hydrogen (secondary N) is 5. The van der Waals surface area contributed by atoms with Crippen molar-refractivity contribution in [2.24, 2.45) is 0 Å². The van der Waals surface area contributed by atoms with Crippen LogP contribution in [-0.4, -0.2) is 101 Å². The van der Waals surface area contributed by atoms with Crippen molar-refractivity contribution in [1.29, 1.82) is 0 Å². The van der Waals surface area contributed by atoms with Crippen LogP contribution in [0.25, 0.3) is 11.6 Å². The minimum Gasteiger partial charge on any atom is -0.456 e. The van der Waals surface area contributed by atoms with Crippen molar-refractivity contribution < 1.29 is 46.7 Å². The number of sulfonamides is 1. The maximum Gasteiger partial charge on any atom is 0.338 e. The van der Waals surface area contributed by atoms with Crippen molar-refractivity contribution in [1.82, 2.24) is 60.4 Å². The van der Waals surface area contributed by atoms with Crippen LogP contribution in [0.1, 0.15) is 174 Å². The monoisotopic (exact) mass is 1160 g/mol. The quantitative estimate of drug-likeness (QED) is 0.0505. The van der Waals surface area contributed by atoms with E-state index in [2.05, 4.69) is 56.1 Å². The Balaban J connectivity index is 0.000000202. The largest absolute Gasteiger partial charge is 0.456 e. The minimum atomic E-state index is -3.45. The maximum absolute atomic E-state index is 13.6. The highest BCUT2D eigenvalue weighted by atomic mass is 32.2.